The monoisotopic (exact) mass is 399 g/mol. The summed E-state index contributed by atoms with van der Waals surface area (Å²) in [7, 11) is 0. The molecular formula is C18H20BrF2NO2. The number of halogens is 3. The maximum Gasteiger partial charge on any atom is 0.251 e. The molecule has 0 amide bonds. The molecule has 3 nitrogen and oxygen atoms in total. The Balaban J connectivity index is 2.17. The molecule has 1 saturated heterocycles. The fraction of sp³-hybridized carbons (Fsp3) is 0.500. The summed E-state index contributed by atoms with van der Waals surface area (Å²) in [6.07, 6.45) is -0.437. The largest absolute Gasteiger partial charge is 0.440 e. The van der Waals surface area contributed by atoms with Crippen LogP contribution in [0.5, 0.6) is 0 Å². The summed E-state index contributed by atoms with van der Waals surface area (Å²) >= 11 is 3.54. The van der Waals surface area contributed by atoms with Crippen LogP contribution >= 0.6 is 15.9 Å². The van der Waals surface area contributed by atoms with E-state index in [1.807, 2.05) is 26.0 Å². The van der Waals surface area contributed by atoms with Gasteiger partial charge in [-0.1, -0.05) is 22.0 Å². The van der Waals surface area contributed by atoms with Crippen LogP contribution in [0.15, 0.2) is 21.3 Å². The number of anilines is 1. The van der Waals surface area contributed by atoms with Gasteiger partial charge in [0.05, 0.1) is 10.9 Å². The first-order chi connectivity index (χ1) is 11.2. The van der Waals surface area contributed by atoms with Crippen molar-refractivity contribution >= 4 is 32.8 Å². The first-order valence-electron chi connectivity index (χ1n) is 8.04. The van der Waals surface area contributed by atoms with Gasteiger partial charge in [-0.15, -0.1) is 0 Å². The lowest BCUT2D eigenvalue weighted by Gasteiger charge is -2.33. The van der Waals surface area contributed by atoms with Crippen molar-refractivity contribution in [3.8, 4) is 0 Å². The summed E-state index contributed by atoms with van der Waals surface area (Å²) < 4.78 is 32.9. The molecule has 24 heavy (non-hydrogen) atoms. The first-order valence-corrected chi connectivity index (χ1v) is 8.96. The second-order valence-electron chi connectivity index (χ2n) is 6.55. The van der Waals surface area contributed by atoms with E-state index in [1.165, 1.54) is 0 Å². The van der Waals surface area contributed by atoms with Crippen molar-refractivity contribution in [3.63, 3.8) is 0 Å². The van der Waals surface area contributed by atoms with Gasteiger partial charge in [0, 0.05) is 36.3 Å². The predicted molar refractivity (Wildman–Crippen MR) is 95.7 cm³/mol. The molecule has 0 N–H and O–H groups in total. The zero-order valence-corrected chi connectivity index (χ0v) is 15.5. The topological polar surface area (TPSA) is 33.5 Å². The quantitative estimate of drug-likeness (QED) is 0.658. The number of alkyl halides is 3. The zero-order valence-electron chi connectivity index (χ0n) is 14.0. The van der Waals surface area contributed by atoms with Crippen LogP contribution in [0.1, 0.15) is 41.3 Å². The van der Waals surface area contributed by atoms with E-state index in [0.29, 0.717) is 22.4 Å². The highest BCUT2D eigenvalue weighted by atomic mass is 79.9. The van der Waals surface area contributed by atoms with Crippen LogP contribution in [-0.2, 0) is 0 Å². The van der Waals surface area contributed by atoms with Crippen molar-refractivity contribution < 1.29 is 13.2 Å². The minimum atomic E-state index is -2.63. The summed E-state index contributed by atoms with van der Waals surface area (Å²) in [6.45, 7) is 5.98. The van der Waals surface area contributed by atoms with Gasteiger partial charge < -0.3 is 9.32 Å². The minimum absolute atomic E-state index is 0.0179. The number of hydrogen-bond acceptors (Lipinski definition) is 3. The molecule has 3 rings (SSSR count). The maximum absolute atomic E-state index is 13.4. The summed E-state index contributed by atoms with van der Waals surface area (Å²) in [5.41, 5.74) is 2.80. The van der Waals surface area contributed by atoms with Crippen LogP contribution in [0.4, 0.5) is 14.7 Å². The number of fused-ring (bicyclic) bond motifs is 1. The Kier molecular flexibility index (Phi) is 4.45. The van der Waals surface area contributed by atoms with E-state index in [4.69, 9.17) is 4.42 Å². The van der Waals surface area contributed by atoms with Crippen LogP contribution in [0.25, 0.3) is 11.0 Å². The zero-order chi connectivity index (χ0) is 17.6. The van der Waals surface area contributed by atoms with Crippen molar-refractivity contribution in [2.75, 3.05) is 18.0 Å². The fourth-order valence-corrected chi connectivity index (χ4v) is 3.53. The van der Waals surface area contributed by atoms with Gasteiger partial charge in [0.15, 0.2) is 5.43 Å². The van der Waals surface area contributed by atoms with Gasteiger partial charge in [0.1, 0.15) is 5.58 Å². The molecular weight excluding hydrogens is 380 g/mol. The maximum atomic E-state index is 13.4. The third-order valence-electron chi connectivity index (χ3n) is 4.58. The molecule has 1 aromatic heterocycles. The summed E-state index contributed by atoms with van der Waals surface area (Å²) in [6, 6.07) is 3.80. The lowest BCUT2D eigenvalue weighted by molar-refractivity contribution is -0.0225. The van der Waals surface area contributed by atoms with Crippen LogP contribution in [-0.4, -0.2) is 19.0 Å². The summed E-state index contributed by atoms with van der Waals surface area (Å²) in [4.78, 5) is 14.6. The number of benzene rings is 1. The van der Waals surface area contributed by atoms with E-state index in [-0.39, 0.29) is 36.2 Å². The Morgan fingerprint density at radius 2 is 1.88 bits per heavy atom. The van der Waals surface area contributed by atoms with Crippen LogP contribution in [0, 0.1) is 13.8 Å². The third-order valence-corrected chi connectivity index (χ3v) is 5.07. The highest BCUT2D eigenvalue weighted by Crippen LogP contribution is 2.35. The average Bonchev–Trinajstić information content (AvgIpc) is 2.51. The molecule has 130 valence electrons. The molecule has 2 aromatic rings. The van der Waals surface area contributed by atoms with Crippen molar-refractivity contribution in [1.29, 1.82) is 0 Å². The average molecular weight is 400 g/mol. The number of hydrogen-bond donors (Lipinski definition) is 0. The van der Waals surface area contributed by atoms with Gasteiger partial charge >= 0.3 is 0 Å². The van der Waals surface area contributed by atoms with E-state index >= 15 is 0 Å². The standard InChI is InChI=1S/C18H20BrF2NO2/c1-10-8-13(12(3)19)16-14(9-10)15(23)11(2)17(24-16)22-6-4-18(20,21)5-7-22/h8-9,12H,4-7H2,1-3H3. The molecule has 2 heterocycles. The van der Waals surface area contributed by atoms with Gasteiger partial charge in [-0.2, -0.15) is 0 Å². The van der Waals surface area contributed by atoms with Gasteiger partial charge in [0.25, 0.3) is 5.92 Å². The second-order valence-corrected chi connectivity index (χ2v) is 7.92. The molecule has 1 fully saturated rings. The highest BCUT2D eigenvalue weighted by Gasteiger charge is 2.35. The summed E-state index contributed by atoms with van der Waals surface area (Å²) in [5.74, 6) is -2.21. The van der Waals surface area contributed by atoms with E-state index in [1.54, 1.807) is 11.8 Å². The van der Waals surface area contributed by atoms with Crippen molar-refractivity contribution in [2.24, 2.45) is 0 Å². The number of aryl methyl sites for hydroxylation is 1. The molecule has 1 aromatic carbocycles. The van der Waals surface area contributed by atoms with Crippen molar-refractivity contribution in [1.82, 2.24) is 0 Å². The van der Waals surface area contributed by atoms with Gasteiger partial charge in [-0.25, -0.2) is 8.78 Å². The van der Waals surface area contributed by atoms with Crippen LogP contribution < -0.4 is 10.3 Å². The van der Waals surface area contributed by atoms with Gasteiger partial charge in [0.2, 0.25) is 5.88 Å². The SMILES string of the molecule is Cc1cc(C(C)Br)c2oc(N3CCC(F)(F)CC3)c(C)c(=O)c2c1. The fourth-order valence-electron chi connectivity index (χ4n) is 3.19. The molecule has 0 saturated carbocycles. The lowest BCUT2D eigenvalue weighted by Crippen LogP contribution is -2.40. The highest BCUT2D eigenvalue weighted by molar-refractivity contribution is 9.09. The number of nitrogens with zero attached hydrogens (tertiary/aromatic N) is 1. The van der Waals surface area contributed by atoms with Gasteiger partial charge in [-0.05, 0) is 32.4 Å². The van der Waals surface area contributed by atoms with Gasteiger partial charge in [-0.3, -0.25) is 4.79 Å². The second kappa shape index (κ2) is 6.14. The molecule has 0 aliphatic carbocycles. The van der Waals surface area contributed by atoms with Crippen molar-refractivity contribution in [2.45, 2.75) is 44.4 Å². The molecule has 6 heteroatoms. The van der Waals surface area contributed by atoms with E-state index in [2.05, 4.69) is 15.9 Å². The Hall–Kier alpha value is -1.43. The molecule has 0 radical (unpaired) electrons. The Bertz CT molecular complexity index is 835. The smallest absolute Gasteiger partial charge is 0.251 e. The minimum Gasteiger partial charge on any atom is -0.440 e. The van der Waals surface area contributed by atoms with Crippen LogP contribution in [0.2, 0.25) is 0 Å². The number of piperidine rings is 1. The molecule has 1 atom stereocenters. The molecule has 0 spiro atoms. The normalized spacial score (nSPS) is 18.8. The Labute approximate surface area is 147 Å². The van der Waals surface area contributed by atoms with E-state index in [0.717, 1.165) is 11.1 Å². The lowest BCUT2D eigenvalue weighted by atomic mass is 10.0. The number of rotatable bonds is 2. The van der Waals surface area contributed by atoms with Crippen LogP contribution in [0.3, 0.4) is 0 Å². The molecule has 1 aliphatic heterocycles. The first kappa shape index (κ1) is 17.4. The van der Waals surface area contributed by atoms with E-state index < -0.39 is 5.92 Å². The summed E-state index contributed by atoms with van der Waals surface area (Å²) in [5, 5.41) is 0.542. The Morgan fingerprint density at radius 3 is 2.46 bits per heavy atom. The van der Waals surface area contributed by atoms with Crippen molar-refractivity contribution in [3.05, 3.63) is 39.0 Å². The molecule has 1 unspecified atom stereocenters. The molecule has 1 aliphatic rings. The predicted octanol–water partition coefficient (Wildman–Crippen LogP) is 5.10. The third kappa shape index (κ3) is 3.08. The van der Waals surface area contributed by atoms with E-state index in [9.17, 15) is 13.6 Å². The molecule has 0 bridgehead atoms. The Morgan fingerprint density at radius 1 is 1.25 bits per heavy atom.